The van der Waals surface area contributed by atoms with Gasteiger partial charge in [0.25, 0.3) is 0 Å². The summed E-state index contributed by atoms with van der Waals surface area (Å²) in [5.74, 6) is -0.619. The number of aliphatic carboxylic acids is 1. The standard InChI is InChI=1S/C21H23NO6/c1-27-17-10-15(11-18(12-17)28-2)13-22(14-21(25)26)20(24)9-8-19(23)16-6-4-3-5-7-16/h3-7,10-12H,8-9,13-14H2,1-2H3,(H,25,26). The van der Waals surface area contributed by atoms with Gasteiger partial charge in [0.05, 0.1) is 14.2 Å². The van der Waals surface area contributed by atoms with Crippen molar-refractivity contribution in [2.45, 2.75) is 19.4 Å². The first-order chi connectivity index (χ1) is 13.4. The predicted octanol–water partition coefficient (Wildman–Crippen LogP) is 2.78. The van der Waals surface area contributed by atoms with Crippen LogP contribution in [0.2, 0.25) is 0 Å². The summed E-state index contributed by atoms with van der Waals surface area (Å²) in [6, 6.07) is 13.8. The number of carbonyl (C=O) groups excluding carboxylic acids is 2. The topological polar surface area (TPSA) is 93.1 Å². The summed E-state index contributed by atoms with van der Waals surface area (Å²) in [7, 11) is 3.02. The monoisotopic (exact) mass is 385 g/mol. The molecule has 0 bridgehead atoms. The third-order valence-electron chi connectivity index (χ3n) is 4.13. The molecule has 148 valence electrons. The summed E-state index contributed by atoms with van der Waals surface area (Å²) >= 11 is 0. The summed E-state index contributed by atoms with van der Waals surface area (Å²) in [5.41, 5.74) is 1.19. The van der Waals surface area contributed by atoms with E-state index in [-0.39, 0.29) is 25.2 Å². The van der Waals surface area contributed by atoms with Crippen LogP contribution < -0.4 is 9.47 Å². The number of rotatable bonds is 10. The van der Waals surface area contributed by atoms with E-state index in [2.05, 4.69) is 0 Å². The number of amides is 1. The molecule has 0 aromatic heterocycles. The minimum atomic E-state index is -1.13. The number of benzene rings is 2. The van der Waals surface area contributed by atoms with Crippen molar-refractivity contribution >= 4 is 17.7 Å². The maximum absolute atomic E-state index is 12.6. The molecule has 0 radical (unpaired) electrons. The van der Waals surface area contributed by atoms with Gasteiger partial charge in [0.15, 0.2) is 5.78 Å². The van der Waals surface area contributed by atoms with Crippen molar-refractivity contribution in [3.8, 4) is 11.5 Å². The van der Waals surface area contributed by atoms with E-state index in [1.54, 1.807) is 48.5 Å². The van der Waals surface area contributed by atoms with E-state index in [4.69, 9.17) is 14.6 Å². The smallest absolute Gasteiger partial charge is 0.323 e. The van der Waals surface area contributed by atoms with Crippen LogP contribution in [0.5, 0.6) is 11.5 Å². The van der Waals surface area contributed by atoms with Crippen molar-refractivity contribution < 1.29 is 29.0 Å². The van der Waals surface area contributed by atoms with Gasteiger partial charge in [-0.05, 0) is 17.7 Å². The maximum atomic E-state index is 12.6. The number of carbonyl (C=O) groups is 3. The Bertz CT molecular complexity index is 812. The lowest BCUT2D eigenvalue weighted by Crippen LogP contribution is -2.35. The molecule has 28 heavy (non-hydrogen) atoms. The fourth-order valence-electron chi connectivity index (χ4n) is 2.72. The summed E-state index contributed by atoms with van der Waals surface area (Å²) < 4.78 is 10.4. The molecule has 7 heteroatoms. The van der Waals surface area contributed by atoms with E-state index in [0.717, 1.165) is 0 Å². The Kier molecular flexibility index (Phi) is 7.56. The first-order valence-corrected chi connectivity index (χ1v) is 8.72. The predicted molar refractivity (Wildman–Crippen MR) is 103 cm³/mol. The molecule has 7 nitrogen and oxygen atoms in total. The zero-order valence-electron chi connectivity index (χ0n) is 15.9. The van der Waals surface area contributed by atoms with Gasteiger partial charge in [-0.25, -0.2) is 0 Å². The molecule has 0 fully saturated rings. The van der Waals surface area contributed by atoms with Gasteiger partial charge in [-0.15, -0.1) is 0 Å². The molecule has 1 N–H and O–H groups in total. The molecule has 0 aliphatic rings. The minimum absolute atomic E-state index is 0.0143. The van der Waals surface area contributed by atoms with Crippen LogP contribution in [0.15, 0.2) is 48.5 Å². The molecular formula is C21H23NO6. The maximum Gasteiger partial charge on any atom is 0.323 e. The van der Waals surface area contributed by atoms with Gasteiger partial charge >= 0.3 is 5.97 Å². The highest BCUT2D eigenvalue weighted by molar-refractivity contribution is 5.98. The van der Waals surface area contributed by atoms with Crippen LogP contribution in [-0.2, 0) is 16.1 Å². The number of methoxy groups -OCH3 is 2. The quantitative estimate of drug-likeness (QED) is 0.632. The average Bonchev–Trinajstić information content (AvgIpc) is 2.71. The molecule has 2 aromatic rings. The van der Waals surface area contributed by atoms with Crippen LogP contribution in [0.25, 0.3) is 0 Å². The Labute approximate surface area is 163 Å². The summed E-state index contributed by atoms with van der Waals surface area (Å²) in [6.45, 7) is -0.393. The van der Waals surface area contributed by atoms with Gasteiger partial charge in [0.2, 0.25) is 5.91 Å². The van der Waals surface area contributed by atoms with Crippen LogP contribution in [0.3, 0.4) is 0 Å². The van der Waals surface area contributed by atoms with Crippen molar-refractivity contribution in [1.29, 1.82) is 0 Å². The Morgan fingerprint density at radius 1 is 0.929 bits per heavy atom. The number of ketones is 1. The third-order valence-corrected chi connectivity index (χ3v) is 4.13. The number of hydrogen-bond donors (Lipinski definition) is 1. The Morgan fingerprint density at radius 2 is 1.54 bits per heavy atom. The SMILES string of the molecule is COc1cc(CN(CC(=O)O)C(=O)CCC(=O)c2ccccc2)cc(OC)c1. The molecule has 0 atom stereocenters. The lowest BCUT2D eigenvalue weighted by atomic mass is 10.1. The van der Waals surface area contributed by atoms with Crippen LogP contribution in [0.4, 0.5) is 0 Å². The second kappa shape index (κ2) is 10.1. The molecule has 0 aliphatic carbocycles. The highest BCUT2D eigenvalue weighted by Crippen LogP contribution is 2.23. The van der Waals surface area contributed by atoms with Crippen molar-refractivity contribution in [2.75, 3.05) is 20.8 Å². The van der Waals surface area contributed by atoms with Crippen molar-refractivity contribution in [3.05, 3.63) is 59.7 Å². The van der Waals surface area contributed by atoms with Crippen LogP contribution >= 0.6 is 0 Å². The number of Topliss-reactive ketones (excluding diaryl/α,β-unsaturated/α-hetero) is 1. The molecule has 0 heterocycles. The molecule has 0 spiro atoms. The highest BCUT2D eigenvalue weighted by Gasteiger charge is 2.19. The number of hydrogen-bond acceptors (Lipinski definition) is 5. The lowest BCUT2D eigenvalue weighted by molar-refractivity contribution is -0.144. The lowest BCUT2D eigenvalue weighted by Gasteiger charge is -2.21. The zero-order chi connectivity index (χ0) is 20.5. The van der Waals surface area contributed by atoms with Crippen LogP contribution in [-0.4, -0.2) is 48.4 Å². The zero-order valence-corrected chi connectivity index (χ0v) is 15.9. The van der Waals surface area contributed by atoms with E-state index in [1.165, 1.54) is 19.1 Å². The van der Waals surface area contributed by atoms with Gasteiger partial charge in [0.1, 0.15) is 18.0 Å². The van der Waals surface area contributed by atoms with Crippen molar-refractivity contribution in [1.82, 2.24) is 4.90 Å². The number of carboxylic acid groups (broad SMARTS) is 1. The van der Waals surface area contributed by atoms with E-state index in [0.29, 0.717) is 22.6 Å². The molecule has 0 aliphatic heterocycles. The second-order valence-electron chi connectivity index (χ2n) is 6.15. The number of ether oxygens (including phenoxy) is 2. The molecule has 0 saturated heterocycles. The largest absolute Gasteiger partial charge is 0.497 e. The van der Waals surface area contributed by atoms with E-state index >= 15 is 0 Å². The van der Waals surface area contributed by atoms with Gasteiger partial charge in [-0.1, -0.05) is 30.3 Å². The van der Waals surface area contributed by atoms with Crippen LogP contribution in [0, 0.1) is 0 Å². The Morgan fingerprint density at radius 3 is 2.07 bits per heavy atom. The third kappa shape index (κ3) is 6.12. The van der Waals surface area contributed by atoms with E-state index < -0.39 is 18.4 Å². The molecule has 0 saturated carbocycles. The molecule has 1 amide bonds. The highest BCUT2D eigenvalue weighted by atomic mass is 16.5. The van der Waals surface area contributed by atoms with Gasteiger partial charge < -0.3 is 19.5 Å². The van der Waals surface area contributed by atoms with Gasteiger partial charge in [-0.2, -0.15) is 0 Å². The van der Waals surface area contributed by atoms with Gasteiger partial charge in [0, 0.05) is 31.0 Å². The summed E-state index contributed by atoms with van der Waals surface area (Å²) in [6.07, 6.45) is -0.0531. The van der Waals surface area contributed by atoms with Crippen molar-refractivity contribution in [2.24, 2.45) is 0 Å². The second-order valence-corrected chi connectivity index (χ2v) is 6.15. The average molecular weight is 385 g/mol. The van der Waals surface area contributed by atoms with Gasteiger partial charge in [-0.3, -0.25) is 14.4 Å². The van der Waals surface area contributed by atoms with Crippen molar-refractivity contribution in [3.63, 3.8) is 0 Å². The number of carboxylic acids is 1. The summed E-state index contributed by atoms with van der Waals surface area (Å²) in [4.78, 5) is 37.2. The number of nitrogens with zero attached hydrogens (tertiary/aromatic N) is 1. The Balaban J connectivity index is 2.09. The fraction of sp³-hybridized carbons (Fsp3) is 0.286. The van der Waals surface area contributed by atoms with E-state index in [9.17, 15) is 14.4 Å². The molecule has 2 aromatic carbocycles. The fourth-order valence-corrected chi connectivity index (χ4v) is 2.72. The minimum Gasteiger partial charge on any atom is -0.497 e. The normalized spacial score (nSPS) is 10.2. The van der Waals surface area contributed by atoms with Crippen LogP contribution in [0.1, 0.15) is 28.8 Å². The Hall–Kier alpha value is -3.35. The summed E-state index contributed by atoms with van der Waals surface area (Å²) in [5, 5.41) is 9.16. The first kappa shape index (κ1) is 21.0. The van der Waals surface area contributed by atoms with E-state index in [1.807, 2.05) is 0 Å². The molecule has 2 rings (SSSR count). The molecular weight excluding hydrogens is 362 g/mol. The first-order valence-electron chi connectivity index (χ1n) is 8.72. The molecule has 0 unspecified atom stereocenters.